The average Bonchev–Trinajstić information content (AvgIpc) is 3.10. The Morgan fingerprint density at radius 2 is 2.04 bits per heavy atom. The highest BCUT2D eigenvalue weighted by molar-refractivity contribution is 5.42. The van der Waals surface area contributed by atoms with Crippen LogP contribution in [0.1, 0.15) is 16.8 Å². The van der Waals surface area contributed by atoms with Gasteiger partial charge in [0.25, 0.3) is 0 Å². The van der Waals surface area contributed by atoms with Gasteiger partial charge in [0.1, 0.15) is 12.3 Å². The molecule has 0 spiro atoms. The Balaban J connectivity index is 1.67. The Labute approximate surface area is 145 Å². The molecular formula is C19H16N4O2. The van der Waals surface area contributed by atoms with E-state index in [1.807, 2.05) is 6.07 Å². The molecule has 0 fully saturated rings. The fourth-order valence-corrected chi connectivity index (χ4v) is 2.31. The van der Waals surface area contributed by atoms with Gasteiger partial charge in [-0.15, -0.1) is 11.7 Å². The van der Waals surface area contributed by atoms with Gasteiger partial charge in [0.15, 0.2) is 11.5 Å². The van der Waals surface area contributed by atoms with Crippen molar-refractivity contribution in [3.63, 3.8) is 0 Å². The molecule has 0 bridgehead atoms. The number of hydrogen-bond donors (Lipinski definition) is 1. The van der Waals surface area contributed by atoms with E-state index < -0.39 is 0 Å². The summed E-state index contributed by atoms with van der Waals surface area (Å²) in [6, 6.07) is 14.4. The highest BCUT2D eigenvalue weighted by Gasteiger charge is 2.07. The summed E-state index contributed by atoms with van der Waals surface area (Å²) in [5.74, 6) is 0.472. The van der Waals surface area contributed by atoms with Gasteiger partial charge in [0, 0.05) is 0 Å². The smallest absolute Gasteiger partial charge is 0.161 e. The maximum Gasteiger partial charge on any atom is 0.161 e. The molecule has 0 atom stereocenters. The van der Waals surface area contributed by atoms with Crippen LogP contribution in [-0.4, -0.2) is 20.1 Å². The molecule has 1 aromatic heterocycles. The van der Waals surface area contributed by atoms with E-state index in [1.165, 1.54) is 0 Å². The normalized spacial score (nSPS) is 10.2. The average molecular weight is 332 g/mol. The predicted molar refractivity (Wildman–Crippen MR) is 92.4 cm³/mol. The van der Waals surface area contributed by atoms with Gasteiger partial charge in [-0.05, 0) is 48.4 Å². The Hall–Kier alpha value is -3.59. The van der Waals surface area contributed by atoms with Gasteiger partial charge in [-0.25, -0.2) is 4.68 Å². The molecule has 124 valence electrons. The summed E-state index contributed by atoms with van der Waals surface area (Å²) < 4.78 is 7.21. The van der Waals surface area contributed by atoms with Gasteiger partial charge in [0.2, 0.25) is 0 Å². The third kappa shape index (κ3) is 3.85. The van der Waals surface area contributed by atoms with Gasteiger partial charge >= 0.3 is 0 Å². The van der Waals surface area contributed by atoms with E-state index in [0.717, 1.165) is 11.3 Å². The number of phenols is 1. The van der Waals surface area contributed by atoms with Gasteiger partial charge in [-0.1, -0.05) is 17.4 Å². The molecule has 0 amide bonds. The Morgan fingerprint density at radius 3 is 2.72 bits per heavy atom. The zero-order valence-electron chi connectivity index (χ0n) is 13.5. The van der Waals surface area contributed by atoms with Crippen molar-refractivity contribution in [1.82, 2.24) is 15.0 Å². The van der Waals surface area contributed by atoms with Crippen LogP contribution in [0.4, 0.5) is 0 Å². The maximum absolute atomic E-state index is 10.0. The maximum atomic E-state index is 10.0. The molecule has 1 N–H and O–H groups in total. The molecule has 3 rings (SSSR count). The second kappa shape index (κ2) is 7.32. The lowest BCUT2D eigenvalue weighted by molar-refractivity contribution is 0.284. The van der Waals surface area contributed by atoms with Crippen LogP contribution >= 0.6 is 0 Å². The van der Waals surface area contributed by atoms with Gasteiger partial charge < -0.3 is 9.84 Å². The second-order valence-corrected chi connectivity index (χ2v) is 5.40. The molecule has 0 aliphatic rings. The van der Waals surface area contributed by atoms with Crippen molar-refractivity contribution < 1.29 is 9.84 Å². The number of aromatic hydroxyl groups is 1. The van der Waals surface area contributed by atoms with Crippen LogP contribution < -0.4 is 4.74 Å². The Morgan fingerprint density at radius 1 is 1.24 bits per heavy atom. The van der Waals surface area contributed by atoms with Crippen LogP contribution in [0.2, 0.25) is 0 Å². The summed E-state index contributed by atoms with van der Waals surface area (Å²) in [6.07, 6.45) is 4.20. The van der Waals surface area contributed by atoms with Crippen molar-refractivity contribution in [2.24, 2.45) is 0 Å². The number of phenolic OH excluding ortho intramolecular Hbond substituents is 1. The Bertz CT molecular complexity index is 923. The first-order chi connectivity index (χ1) is 12.2. The summed E-state index contributed by atoms with van der Waals surface area (Å²) >= 11 is 0. The van der Waals surface area contributed by atoms with Gasteiger partial charge in [-0.2, -0.15) is 5.26 Å². The summed E-state index contributed by atoms with van der Waals surface area (Å²) in [5, 5.41) is 26.9. The molecule has 0 radical (unpaired) electrons. The van der Waals surface area contributed by atoms with Gasteiger partial charge in [0.05, 0.1) is 23.5 Å². The summed E-state index contributed by atoms with van der Waals surface area (Å²) in [5.41, 5.74) is 2.97. The number of ether oxygens (including phenoxy) is 1. The number of rotatable bonds is 6. The highest BCUT2D eigenvalue weighted by Crippen LogP contribution is 2.27. The van der Waals surface area contributed by atoms with Crippen LogP contribution in [0.25, 0.3) is 5.69 Å². The zero-order chi connectivity index (χ0) is 17.6. The lowest BCUT2D eigenvalue weighted by Gasteiger charge is -2.07. The molecule has 0 saturated carbocycles. The van der Waals surface area contributed by atoms with Crippen LogP contribution in [0, 0.1) is 11.3 Å². The van der Waals surface area contributed by atoms with E-state index in [1.54, 1.807) is 53.4 Å². The van der Waals surface area contributed by atoms with E-state index in [9.17, 15) is 5.11 Å². The minimum Gasteiger partial charge on any atom is -0.504 e. The number of allylic oxidation sites excluding steroid dienone is 1. The fraction of sp³-hybridized carbons (Fsp3) is 0.105. The first-order valence-electron chi connectivity index (χ1n) is 7.67. The number of nitrogens with zero attached hydrogens (tertiary/aromatic N) is 4. The van der Waals surface area contributed by atoms with E-state index >= 15 is 0 Å². The van der Waals surface area contributed by atoms with Crippen molar-refractivity contribution >= 4 is 0 Å². The molecule has 0 aliphatic carbocycles. The SMILES string of the molecule is C=CCc1ccc(OCc2cn(-c3ccc(C#N)cc3)nn2)c(O)c1. The highest BCUT2D eigenvalue weighted by atomic mass is 16.5. The summed E-state index contributed by atoms with van der Waals surface area (Å²) in [7, 11) is 0. The fourth-order valence-electron chi connectivity index (χ4n) is 2.31. The Kier molecular flexibility index (Phi) is 4.77. The molecule has 6 nitrogen and oxygen atoms in total. The van der Waals surface area contributed by atoms with Crippen LogP contribution in [0.15, 0.2) is 61.3 Å². The minimum absolute atomic E-state index is 0.0823. The zero-order valence-corrected chi connectivity index (χ0v) is 13.5. The minimum atomic E-state index is 0.0823. The van der Waals surface area contributed by atoms with Crippen LogP contribution in [0.5, 0.6) is 11.5 Å². The lowest BCUT2D eigenvalue weighted by Crippen LogP contribution is -1.96. The molecule has 6 heteroatoms. The van der Waals surface area contributed by atoms with Crippen molar-refractivity contribution in [3.8, 4) is 23.3 Å². The van der Waals surface area contributed by atoms with Crippen LogP contribution in [-0.2, 0) is 13.0 Å². The monoisotopic (exact) mass is 332 g/mol. The molecule has 2 aromatic carbocycles. The van der Waals surface area contributed by atoms with E-state index in [2.05, 4.69) is 23.0 Å². The first kappa shape index (κ1) is 16.3. The number of nitriles is 1. The molecular weight excluding hydrogens is 316 g/mol. The van der Waals surface area contributed by atoms with Crippen LogP contribution in [0.3, 0.4) is 0 Å². The van der Waals surface area contributed by atoms with E-state index in [4.69, 9.17) is 10.00 Å². The van der Waals surface area contributed by atoms with E-state index in [0.29, 0.717) is 23.4 Å². The first-order valence-corrected chi connectivity index (χ1v) is 7.67. The second-order valence-electron chi connectivity index (χ2n) is 5.40. The molecule has 25 heavy (non-hydrogen) atoms. The van der Waals surface area contributed by atoms with Crippen molar-refractivity contribution in [2.45, 2.75) is 13.0 Å². The third-order valence-electron chi connectivity index (χ3n) is 3.58. The third-order valence-corrected chi connectivity index (χ3v) is 3.58. The van der Waals surface area contributed by atoms with Crippen molar-refractivity contribution in [2.75, 3.05) is 0 Å². The lowest BCUT2D eigenvalue weighted by atomic mass is 10.1. The van der Waals surface area contributed by atoms with Crippen molar-refractivity contribution in [3.05, 3.63) is 78.1 Å². The number of hydrogen-bond acceptors (Lipinski definition) is 5. The van der Waals surface area contributed by atoms with Gasteiger partial charge in [-0.3, -0.25) is 0 Å². The molecule has 0 unspecified atom stereocenters. The predicted octanol–water partition coefficient (Wildman–Crippen LogP) is 3.15. The number of benzene rings is 2. The molecule has 0 aliphatic heterocycles. The molecule has 1 heterocycles. The van der Waals surface area contributed by atoms with Crippen molar-refractivity contribution in [1.29, 1.82) is 5.26 Å². The molecule has 3 aromatic rings. The standard InChI is InChI=1S/C19H16N4O2/c1-2-3-14-6-9-19(18(24)10-14)25-13-16-12-23(22-21-16)17-7-4-15(11-20)5-8-17/h2,4-10,12,24H,1,3,13H2. The topological polar surface area (TPSA) is 84.0 Å². The number of aromatic nitrogens is 3. The molecule has 0 saturated heterocycles. The van der Waals surface area contributed by atoms with E-state index in [-0.39, 0.29) is 12.4 Å². The quantitative estimate of drug-likeness (QED) is 0.701. The largest absolute Gasteiger partial charge is 0.504 e. The summed E-state index contributed by atoms with van der Waals surface area (Å²) in [4.78, 5) is 0. The summed E-state index contributed by atoms with van der Waals surface area (Å²) in [6.45, 7) is 3.86.